The van der Waals surface area contributed by atoms with Crippen LogP contribution >= 0.6 is 0 Å². The van der Waals surface area contributed by atoms with Crippen LogP contribution in [0.1, 0.15) is 59.8 Å². The van der Waals surface area contributed by atoms with Gasteiger partial charge in [0.2, 0.25) is 0 Å². The molecule has 0 fully saturated rings. The third-order valence-corrected chi connectivity index (χ3v) is 6.06. The van der Waals surface area contributed by atoms with Gasteiger partial charge in [0.25, 0.3) is 10.1 Å². The lowest BCUT2D eigenvalue weighted by molar-refractivity contribution is -0.170. The van der Waals surface area contributed by atoms with E-state index in [1.807, 2.05) is 6.92 Å². The van der Waals surface area contributed by atoms with Gasteiger partial charge in [0.05, 0.1) is 0 Å². The number of carbonyl (C=O) groups excluding carboxylic acids is 3. The van der Waals surface area contributed by atoms with Crippen LogP contribution in [0.4, 0.5) is 0 Å². The normalized spacial score (nSPS) is 12.5. The van der Waals surface area contributed by atoms with E-state index < -0.39 is 58.5 Å². The average Bonchev–Trinajstić information content (AvgIpc) is 2.75. The summed E-state index contributed by atoms with van der Waals surface area (Å²) in [6, 6.07) is 0. The van der Waals surface area contributed by atoms with E-state index in [1.54, 1.807) is 0 Å². The van der Waals surface area contributed by atoms with Crippen molar-refractivity contribution in [2.45, 2.75) is 65.0 Å². The second kappa shape index (κ2) is 14.0. The molecule has 2 N–H and O–H groups in total. The molecule has 1 atom stereocenters. The standard InChI is InChI=1S/C21H35NO9S/c1-7-8-9-10-11-21(13-29-18(23)15(2)3,14-30-19(24)16(4)5)20(25)28-12-17(6)32(26,27)31-22/h17H,2,4,7-14,22H2,1,3,5-6H3. The van der Waals surface area contributed by atoms with Crippen LogP contribution in [0.15, 0.2) is 24.3 Å². The molecule has 184 valence electrons. The largest absolute Gasteiger partial charge is 0.464 e. The van der Waals surface area contributed by atoms with Crippen molar-refractivity contribution in [3.8, 4) is 0 Å². The summed E-state index contributed by atoms with van der Waals surface area (Å²) in [5.41, 5.74) is -1.30. The van der Waals surface area contributed by atoms with Crippen LogP contribution in [0.3, 0.4) is 0 Å². The van der Waals surface area contributed by atoms with Gasteiger partial charge in [0.15, 0.2) is 0 Å². The molecule has 0 spiro atoms. The van der Waals surface area contributed by atoms with E-state index in [-0.39, 0.29) is 17.6 Å². The smallest absolute Gasteiger partial charge is 0.333 e. The Hall–Kier alpha value is -2.24. The maximum absolute atomic E-state index is 13.1. The average molecular weight is 478 g/mol. The summed E-state index contributed by atoms with van der Waals surface area (Å²) in [5, 5.41) is -1.25. The van der Waals surface area contributed by atoms with Gasteiger partial charge in [-0.25, -0.2) is 9.59 Å². The molecule has 0 rings (SSSR count). The van der Waals surface area contributed by atoms with Crippen LogP contribution in [0.25, 0.3) is 0 Å². The predicted molar refractivity (Wildman–Crippen MR) is 117 cm³/mol. The van der Waals surface area contributed by atoms with Gasteiger partial charge < -0.3 is 14.2 Å². The Morgan fingerprint density at radius 1 is 0.938 bits per heavy atom. The lowest BCUT2D eigenvalue weighted by Crippen LogP contribution is -2.44. The molecule has 0 aromatic carbocycles. The minimum absolute atomic E-state index is 0.122. The molecule has 0 aromatic heterocycles. The summed E-state index contributed by atoms with van der Waals surface area (Å²) >= 11 is 0. The summed E-state index contributed by atoms with van der Waals surface area (Å²) in [6.45, 7) is 11.7. The predicted octanol–water partition coefficient (Wildman–Crippen LogP) is 2.33. The van der Waals surface area contributed by atoms with Gasteiger partial charge in [-0.2, -0.15) is 18.6 Å². The summed E-state index contributed by atoms with van der Waals surface area (Å²) in [7, 11) is -4.13. The molecule has 0 bridgehead atoms. The molecule has 0 radical (unpaired) electrons. The maximum atomic E-state index is 13.1. The Morgan fingerprint density at radius 2 is 1.44 bits per heavy atom. The number of nitrogens with two attached hydrogens (primary N) is 1. The molecule has 0 aliphatic rings. The summed E-state index contributed by atoms with van der Waals surface area (Å²) in [6.07, 6.45) is 3.36. The second-order valence-corrected chi connectivity index (χ2v) is 9.78. The van der Waals surface area contributed by atoms with Crippen molar-refractivity contribution < 1.29 is 41.3 Å². The molecule has 0 saturated carbocycles. The van der Waals surface area contributed by atoms with Crippen molar-refractivity contribution in [1.29, 1.82) is 0 Å². The fourth-order valence-electron chi connectivity index (χ4n) is 2.47. The van der Waals surface area contributed by atoms with Crippen LogP contribution in [0.5, 0.6) is 0 Å². The molecule has 10 nitrogen and oxygen atoms in total. The van der Waals surface area contributed by atoms with Crippen LogP contribution in [-0.4, -0.2) is 51.4 Å². The van der Waals surface area contributed by atoms with E-state index in [2.05, 4.69) is 17.4 Å². The van der Waals surface area contributed by atoms with Gasteiger partial charge in [-0.1, -0.05) is 45.8 Å². The van der Waals surface area contributed by atoms with Gasteiger partial charge in [-0.15, -0.1) is 0 Å². The Kier molecular flexibility index (Phi) is 13.0. The van der Waals surface area contributed by atoms with Gasteiger partial charge in [-0.3, -0.25) is 4.79 Å². The van der Waals surface area contributed by atoms with E-state index in [0.717, 1.165) is 19.3 Å². The molecular weight excluding hydrogens is 442 g/mol. The first-order chi connectivity index (χ1) is 14.8. The van der Waals surface area contributed by atoms with Gasteiger partial charge in [-0.05, 0) is 27.2 Å². The third kappa shape index (κ3) is 9.92. The Labute approximate surface area is 190 Å². The second-order valence-electron chi connectivity index (χ2n) is 7.80. The third-order valence-electron chi connectivity index (χ3n) is 4.67. The minimum Gasteiger partial charge on any atom is -0.464 e. The number of hydrogen-bond acceptors (Lipinski definition) is 10. The molecule has 0 heterocycles. The molecule has 0 saturated heterocycles. The molecule has 0 aromatic rings. The molecular formula is C21H35NO9S. The Morgan fingerprint density at radius 3 is 1.84 bits per heavy atom. The number of unbranched alkanes of at least 4 members (excludes halogenated alkanes) is 3. The molecule has 11 heteroatoms. The van der Waals surface area contributed by atoms with Crippen molar-refractivity contribution in [1.82, 2.24) is 0 Å². The first-order valence-corrected chi connectivity index (χ1v) is 11.7. The molecule has 1 unspecified atom stereocenters. The SMILES string of the molecule is C=C(C)C(=O)OCC(CCCCCC)(COC(=O)C(=C)C)C(=O)OCC(C)S(=O)(=O)ON. The zero-order valence-electron chi connectivity index (χ0n) is 19.3. The Bertz CT molecular complexity index is 759. The highest BCUT2D eigenvalue weighted by Crippen LogP contribution is 2.30. The lowest BCUT2D eigenvalue weighted by Gasteiger charge is -2.31. The number of ether oxygens (including phenoxy) is 3. The summed E-state index contributed by atoms with van der Waals surface area (Å²) in [5.74, 6) is 2.42. The highest BCUT2D eigenvalue weighted by Gasteiger charge is 2.43. The fourth-order valence-corrected chi connectivity index (χ4v) is 2.90. The first-order valence-electron chi connectivity index (χ1n) is 10.3. The van der Waals surface area contributed by atoms with E-state index in [1.165, 1.54) is 20.8 Å². The lowest BCUT2D eigenvalue weighted by atomic mass is 9.83. The van der Waals surface area contributed by atoms with E-state index in [0.29, 0.717) is 6.42 Å². The summed E-state index contributed by atoms with van der Waals surface area (Å²) < 4.78 is 43.0. The monoisotopic (exact) mass is 477 g/mol. The number of rotatable bonds is 16. The maximum Gasteiger partial charge on any atom is 0.333 e. The van der Waals surface area contributed by atoms with E-state index in [9.17, 15) is 22.8 Å². The summed E-state index contributed by atoms with van der Waals surface area (Å²) in [4.78, 5) is 37.0. The quantitative estimate of drug-likeness (QED) is 0.115. The van der Waals surface area contributed by atoms with Crippen molar-refractivity contribution in [2.24, 2.45) is 11.3 Å². The van der Waals surface area contributed by atoms with Crippen LogP contribution in [0, 0.1) is 5.41 Å². The number of hydrogen-bond donors (Lipinski definition) is 1. The molecule has 0 aliphatic carbocycles. The molecule has 32 heavy (non-hydrogen) atoms. The van der Waals surface area contributed by atoms with E-state index >= 15 is 0 Å². The van der Waals surface area contributed by atoms with Crippen molar-refractivity contribution in [3.05, 3.63) is 24.3 Å². The molecule has 0 aliphatic heterocycles. The van der Waals surface area contributed by atoms with Crippen LogP contribution < -0.4 is 5.90 Å². The van der Waals surface area contributed by atoms with Crippen LogP contribution in [-0.2, 0) is 43.0 Å². The van der Waals surface area contributed by atoms with Crippen molar-refractivity contribution in [2.75, 3.05) is 19.8 Å². The topological polar surface area (TPSA) is 148 Å². The van der Waals surface area contributed by atoms with Gasteiger partial charge in [0.1, 0.15) is 30.5 Å². The van der Waals surface area contributed by atoms with Crippen molar-refractivity contribution in [3.63, 3.8) is 0 Å². The fraction of sp³-hybridized carbons (Fsp3) is 0.667. The zero-order chi connectivity index (χ0) is 24.9. The minimum atomic E-state index is -4.13. The first kappa shape index (κ1) is 29.8. The zero-order valence-corrected chi connectivity index (χ0v) is 20.1. The van der Waals surface area contributed by atoms with Crippen molar-refractivity contribution >= 4 is 28.0 Å². The van der Waals surface area contributed by atoms with E-state index in [4.69, 9.17) is 20.1 Å². The van der Waals surface area contributed by atoms with Crippen LogP contribution in [0.2, 0.25) is 0 Å². The number of carbonyl (C=O) groups is 3. The molecule has 0 amide bonds. The van der Waals surface area contributed by atoms with Gasteiger partial charge in [0, 0.05) is 11.1 Å². The highest BCUT2D eigenvalue weighted by atomic mass is 32.2. The Balaban J connectivity index is 5.78. The number of esters is 3. The van der Waals surface area contributed by atoms with Gasteiger partial charge >= 0.3 is 17.9 Å². The highest BCUT2D eigenvalue weighted by molar-refractivity contribution is 7.87.